The molecule has 0 atom stereocenters. The number of hydrogen-bond acceptors (Lipinski definition) is 2. The van der Waals surface area contributed by atoms with E-state index in [0.29, 0.717) is 0 Å². The minimum absolute atomic E-state index is 1.10. The molecule has 2 aliphatic carbocycles. The summed E-state index contributed by atoms with van der Waals surface area (Å²) in [7, 11) is 0. The van der Waals surface area contributed by atoms with Gasteiger partial charge in [0.05, 0.1) is 11.4 Å². The molecular weight excluding hydrogens is 893 g/mol. The third-order valence-electron chi connectivity index (χ3n) is 16.0. The highest BCUT2D eigenvalue weighted by atomic mass is 15.1. The summed E-state index contributed by atoms with van der Waals surface area (Å²) in [6, 6.07) is 99.3. The molecule has 0 saturated carbocycles. The van der Waals surface area contributed by atoms with Crippen LogP contribution in [0, 0.1) is 0 Å². The van der Waals surface area contributed by atoms with Gasteiger partial charge < -0.3 is 9.80 Å². The van der Waals surface area contributed by atoms with Gasteiger partial charge in [-0.2, -0.15) is 0 Å². The molecule has 0 unspecified atom stereocenters. The lowest BCUT2D eigenvalue weighted by atomic mass is 9.98. The minimum atomic E-state index is 1.10. The van der Waals surface area contributed by atoms with E-state index >= 15 is 0 Å². The summed E-state index contributed by atoms with van der Waals surface area (Å²) in [5.74, 6) is 0. The van der Waals surface area contributed by atoms with Crippen LogP contribution in [-0.2, 0) is 0 Å². The molecule has 2 heteroatoms. The third-order valence-corrected chi connectivity index (χ3v) is 16.0. The van der Waals surface area contributed by atoms with E-state index in [1.165, 1.54) is 109 Å². The molecule has 16 rings (SSSR count). The topological polar surface area (TPSA) is 6.48 Å². The van der Waals surface area contributed by atoms with E-state index in [1.807, 2.05) is 0 Å². The summed E-state index contributed by atoms with van der Waals surface area (Å²) in [5, 5.41) is 15.0. The Hall–Kier alpha value is -9.76. The van der Waals surface area contributed by atoms with Crippen LogP contribution in [0.15, 0.2) is 267 Å². The maximum absolute atomic E-state index is 2.45. The Balaban J connectivity index is 0.814. The van der Waals surface area contributed by atoms with Crippen LogP contribution in [-0.4, -0.2) is 0 Å². The smallest absolute Gasteiger partial charge is 0.0540 e. The lowest BCUT2D eigenvalue weighted by molar-refractivity contribution is 1.30. The van der Waals surface area contributed by atoms with Crippen molar-refractivity contribution in [3.63, 3.8) is 0 Å². The molecule has 14 aromatic carbocycles. The molecule has 0 aromatic heterocycles. The van der Waals surface area contributed by atoms with Crippen LogP contribution in [0.3, 0.4) is 0 Å². The lowest BCUT2D eigenvalue weighted by Gasteiger charge is -2.28. The fourth-order valence-corrected chi connectivity index (χ4v) is 12.6. The summed E-state index contributed by atoms with van der Waals surface area (Å²) in [4.78, 5) is 4.91. The van der Waals surface area contributed by atoms with Crippen LogP contribution >= 0.6 is 0 Å². The van der Waals surface area contributed by atoms with Crippen LogP contribution in [0.2, 0.25) is 0 Å². The molecular formula is C72H44N2. The Morgan fingerprint density at radius 1 is 0.189 bits per heavy atom. The first kappa shape index (κ1) is 40.9. The first-order valence-corrected chi connectivity index (χ1v) is 25.6. The van der Waals surface area contributed by atoms with Crippen molar-refractivity contribution in [1.82, 2.24) is 0 Å². The molecule has 14 aromatic rings. The normalized spacial score (nSPS) is 12.1. The largest absolute Gasteiger partial charge is 0.310 e. The molecule has 74 heavy (non-hydrogen) atoms. The summed E-state index contributed by atoms with van der Waals surface area (Å²) in [6.45, 7) is 0. The number of anilines is 6. The van der Waals surface area contributed by atoms with Crippen molar-refractivity contribution in [3.8, 4) is 55.6 Å². The van der Waals surface area contributed by atoms with Gasteiger partial charge in [0.1, 0.15) is 0 Å². The Labute approximate surface area is 428 Å². The maximum Gasteiger partial charge on any atom is 0.0540 e. The average Bonchev–Trinajstić information content (AvgIpc) is 3.97. The van der Waals surface area contributed by atoms with Crippen LogP contribution in [0.5, 0.6) is 0 Å². The molecule has 0 fully saturated rings. The van der Waals surface area contributed by atoms with Crippen LogP contribution < -0.4 is 9.80 Å². The number of nitrogens with zero attached hydrogens (tertiary/aromatic N) is 2. The highest BCUT2D eigenvalue weighted by Gasteiger charge is 2.27. The van der Waals surface area contributed by atoms with Crippen molar-refractivity contribution in [2.45, 2.75) is 0 Å². The van der Waals surface area contributed by atoms with Crippen LogP contribution in [0.4, 0.5) is 34.1 Å². The van der Waals surface area contributed by atoms with Crippen molar-refractivity contribution < 1.29 is 0 Å². The predicted molar refractivity (Wildman–Crippen MR) is 315 cm³/mol. The van der Waals surface area contributed by atoms with Gasteiger partial charge in [-0.15, -0.1) is 0 Å². The molecule has 0 bridgehead atoms. The van der Waals surface area contributed by atoms with Crippen LogP contribution in [0.25, 0.3) is 120 Å². The maximum atomic E-state index is 2.45. The second kappa shape index (κ2) is 15.9. The van der Waals surface area contributed by atoms with Gasteiger partial charge in [-0.25, -0.2) is 0 Å². The zero-order valence-electron chi connectivity index (χ0n) is 40.3. The van der Waals surface area contributed by atoms with E-state index in [4.69, 9.17) is 0 Å². The molecule has 2 nitrogen and oxygen atoms in total. The van der Waals surface area contributed by atoms with E-state index in [2.05, 4.69) is 277 Å². The van der Waals surface area contributed by atoms with Gasteiger partial charge in [-0.1, -0.05) is 182 Å². The second-order valence-corrected chi connectivity index (χ2v) is 20.0. The SMILES string of the molecule is c1ccc2c(c1)-c1cccc3c(N(c4ccc(-c5ccc(N(c6ccc7cc8ccccc8cc7c6)c6ccc7c8c(cccc68)-c6ccccc6-7)cc5)cc4)c4ccc5cc6ccccc6cc5c4)ccc-2c13. The van der Waals surface area contributed by atoms with E-state index < -0.39 is 0 Å². The number of hydrogen-bond donors (Lipinski definition) is 0. The summed E-state index contributed by atoms with van der Waals surface area (Å²) >= 11 is 0. The fraction of sp³-hybridized carbons (Fsp3) is 0. The van der Waals surface area contributed by atoms with Gasteiger partial charge in [0.15, 0.2) is 0 Å². The van der Waals surface area contributed by atoms with Crippen molar-refractivity contribution in [2.75, 3.05) is 9.80 Å². The molecule has 2 aliphatic rings. The number of rotatable bonds is 7. The first-order chi connectivity index (χ1) is 36.7. The third kappa shape index (κ3) is 6.19. The number of benzene rings is 14. The van der Waals surface area contributed by atoms with E-state index in [1.54, 1.807) is 0 Å². The molecule has 0 aliphatic heterocycles. The van der Waals surface area contributed by atoms with Crippen molar-refractivity contribution in [2.24, 2.45) is 0 Å². The summed E-state index contributed by atoms with van der Waals surface area (Å²) in [5.41, 5.74) is 19.5. The Bertz CT molecular complexity index is 4300. The molecule has 0 amide bonds. The Morgan fingerprint density at radius 2 is 0.500 bits per heavy atom. The Kier molecular flexibility index (Phi) is 8.78. The standard InChI is InChI=1S/C72H44N2/c1-3-13-49-41-53-43-57(33-27-51(53)39-47(49)11-1)73(69-37-35-65-61-17-7-5-15-59(61)63-19-9-21-67(69)71(63)65)55-29-23-45(24-30-55)46-25-31-56(32-26-46)74(58-34-28-52-40-48-12-2-4-14-50(48)42-54(52)44-58)70-38-36-66-62-18-8-6-16-60(62)64-20-10-22-68(70)72(64)66/h1-44H. The summed E-state index contributed by atoms with van der Waals surface area (Å²) in [6.07, 6.45) is 0. The van der Waals surface area contributed by atoms with E-state index in [0.717, 1.165) is 45.3 Å². The van der Waals surface area contributed by atoms with Crippen molar-refractivity contribution in [3.05, 3.63) is 267 Å². The highest BCUT2D eigenvalue weighted by molar-refractivity contribution is 6.21. The predicted octanol–water partition coefficient (Wildman–Crippen LogP) is 20.5. The van der Waals surface area contributed by atoms with Crippen molar-refractivity contribution >= 4 is 98.8 Å². The van der Waals surface area contributed by atoms with Gasteiger partial charge >= 0.3 is 0 Å². The number of fused-ring (bicyclic) bond motifs is 10. The zero-order chi connectivity index (χ0) is 48.4. The quantitative estimate of drug-likeness (QED) is 0.147. The summed E-state index contributed by atoms with van der Waals surface area (Å²) < 4.78 is 0. The monoisotopic (exact) mass is 936 g/mol. The molecule has 342 valence electrons. The molecule has 0 N–H and O–H groups in total. The van der Waals surface area contributed by atoms with E-state index in [9.17, 15) is 0 Å². The van der Waals surface area contributed by atoms with Gasteiger partial charge in [0, 0.05) is 33.5 Å². The Morgan fingerprint density at radius 3 is 0.892 bits per heavy atom. The lowest BCUT2D eigenvalue weighted by Crippen LogP contribution is -2.11. The van der Waals surface area contributed by atoms with Crippen molar-refractivity contribution in [1.29, 1.82) is 0 Å². The second-order valence-electron chi connectivity index (χ2n) is 20.0. The van der Waals surface area contributed by atoms with Gasteiger partial charge in [-0.05, 0) is 194 Å². The highest BCUT2D eigenvalue weighted by Crippen LogP contribution is 2.53. The van der Waals surface area contributed by atoms with E-state index in [-0.39, 0.29) is 0 Å². The molecule has 0 saturated heterocycles. The first-order valence-electron chi connectivity index (χ1n) is 25.6. The van der Waals surface area contributed by atoms with Gasteiger partial charge in [-0.3, -0.25) is 0 Å². The minimum Gasteiger partial charge on any atom is -0.310 e. The molecule has 0 radical (unpaired) electrons. The van der Waals surface area contributed by atoms with Gasteiger partial charge in [0.25, 0.3) is 0 Å². The zero-order valence-corrected chi connectivity index (χ0v) is 40.3. The molecule has 0 heterocycles. The van der Waals surface area contributed by atoms with Gasteiger partial charge in [0.2, 0.25) is 0 Å². The molecule has 0 spiro atoms. The van der Waals surface area contributed by atoms with Crippen LogP contribution in [0.1, 0.15) is 0 Å². The fourth-order valence-electron chi connectivity index (χ4n) is 12.6. The average molecular weight is 937 g/mol.